The summed E-state index contributed by atoms with van der Waals surface area (Å²) in [5, 5.41) is 14.7. The number of benzene rings is 2. The molecule has 2 rings (SSSR count). The van der Waals surface area contributed by atoms with E-state index in [1.165, 1.54) is 5.56 Å². The van der Waals surface area contributed by atoms with E-state index in [9.17, 15) is 4.79 Å². The van der Waals surface area contributed by atoms with E-state index in [1.807, 2.05) is 30.3 Å². The highest BCUT2D eigenvalue weighted by molar-refractivity contribution is 5.93. The first-order valence-electron chi connectivity index (χ1n) is 7.22. The van der Waals surface area contributed by atoms with Crippen molar-refractivity contribution in [3.63, 3.8) is 0 Å². The van der Waals surface area contributed by atoms with Gasteiger partial charge in [0.2, 0.25) is 5.91 Å². The lowest BCUT2D eigenvalue weighted by molar-refractivity contribution is -0.114. The van der Waals surface area contributed by atoms with Gasteiger partial charge in [0, 0.05) is 11.4 Å². The highest BCUT2D eigenvalue weighted by Gasteiger charge is 2.05. The van der Waals surface area contributed by atoms with E-state index in [-0.39, 0.29) is 12.5 Å². The number of hydrogen-bond acceptors (Lipinski definition) is 3. The number of nitrogens with one attached hydrogen (secondary N) is 2. The van der Waals surface area contributed by atoms with Crippen LogP contribution in [-0.4, -0.2) is 12.5 Å². The molecule has 4 nitrogen and oxygen atoms in total. The van der Waals surface area contributed by atoms with E-state index < -0.39 is 0 Å². The number of amides is 1. The third kappa shape index (κ3) is 4.35. The minimum atomic E-state index is -0.122. The van der Waals surface area contributed by atoms with Gasteiger partial charge in [-0.1, -0.05) is 32.0 Å². The van der Waals surface area contributed by atoms with Crippen LogP contribution in [0.4, 0.5) is 11.4 Å². The van der Waals surface area contributed by atoms with Crippen LogP contribution in [0.1, 0.15) is 30.9 Å². The minimum absolute atomic E-state index is 0.122. The number of nitrogens with zero attached hydrogens (tertiary/aromatic N) is 1. The molecule has 0 fully saturated rings. The van der Waals surface area contributed by atoms with Gasteiger partial charge in [-0.05, 0) is 41.8 Å². The Morgan fingerprint density at radius 2 is 1.86 bits per heavy atom. The van der Waals surface area contributed by atoms with Crippen molar-refractivity contribution in [1.82, 2.24) is 0 Å². The van der Waals surface area contributed by atoms with Crippen LogP contribution >= 0.6 is 0 Å². The van der Waals surface area contributed by atoms with Crippen LogP contribution in [0.3, 0.4) is 0 Å². The van der Waals surface area contributed by atoms with E-state index in [4.69, 9.17) is 5.26 Å². The Morgan fingerprint density at radius 1 is 1.14 bits per heavy atom. The summed E-state index contributed by atoms with van der Waals surface area (Å²) >= 11 is 0. The first kappa shape index (κ1) is 15.6. The van der Waals surface area contributed by atoms with Crippen molar-refractivity contribution in [2.24, 2.45) is 0 Å². The highest BCUT2D eigenvalue weighted by Crippen LogP contribution is 2.18. The Bertz CT molecular complexity index is 701. The van der Waals surface area contributed by atoms with Gasteiger partial charge in [-0.15, -0.1) is 0 Å². The molecule has 0 aliphatic carbocycles. The van der Waals surface area contributed by atoms with Crippen molar-refractivity contribution < 1.29 is 4.79 Å². The molecule has 112 valence electrons. The van der Waals surface area contributed by atoms with Gasteiger partial charge in [-0.25, -0.2) is 0 Å². The molecule has 0 aromatic heterocycles. The average molecular weight is 293 g/mol. The molecular formula is C18H19N3O. The van der Waals surface area contributed by atoms with E-state index in [2.05, 4.69) is 30.6 Å². The molecule has 0 spiro atoms. The quantitative estimate of drug-likeness (QED) is 0.882. The second kappa shape index (κ2) is 7.28. The fourth-order valence-electron chi connectivity index (χ4n) is 2.06. The average Bonchev–Trinajstić information content (AvgIpc) is 2.53. The first-order chi connectivity index (χ1) is 10.6. The summed E-state index contributed by atoms with van der Waals surface area (Å²) in [6.07, 6.45) is 0. The predicted molar refractivity (Wildman–Crippen MR) is 88.8 cm³/mol. The van der Waals surface area contributed by atoms with Gasteiger partial charge in [0.1, 0.15) is 0 Å². The lowest BCUT2D eigenvalue weighted by atomic mass is 10.0. The van der Waals surface area contributed by atoms with Crippen molar-refractivity contribution >= 4 is 17.3 Å². The fourth-order valence-corrected chi connectivity index (χ4v) is 2.06. The van der Waals surface area contributed by atoms with Crippen LogP contribution in [0.15, 0.2) is 48.5 Å². The maximum absolute atomic E-state index is 12.0. The zero-order valence-electron chi connectivity index (χ0n) is 12.8. The molecule has 2 aromatic carbocycles. The summed E-state index contributed by atoms with van der Waals surface area (Å²) in [7, 11) is 0. The number of carbonyl (C=O) groups excluding carboxylic acids is 1. The minimum Gasteiger partial charge on any atom is -0.376 e. The Hall–Kier alpha value is -2.80. The van der Waals surface area contributed by atoms with E-state index in [0.717, 1.165) is 11.4 Å². The van der Waals surface area contributed by atoms with Crippen LogP contribution < -0.4 is 10.6 Å². The molecule has 2 aromatic rings. The predicted octanol–water partition coefficient (Wildman–Crippen LogP) is 3.73. The largest absolute Gasteiger partial charge is 0.376 e. The smallest absolute Gasteiger partial charge is 0.243 e. The van der Waals surface area contributed by atoms with E-state index in [1.54, 1.807) is 18.2 Å². The second-order valence-electron chi connectivity index (χ2n) is 5.37. The number of rotatable bonds is 5. The van der Waals surface area contributed by atoms with Crippen LogP contribution in [0, 0.1) is 11.3 Å². The van der Waals surface area contributed by atoms with Gasteiger partial charge in [0.15, 0.2) is 0 Å². The topological polar surface area (TPSA) is 64.9 Å². The van der Waals surface area contributed by atoms with Crippen molar-refractivity contribution in [2.45, 2.75) is 19.8 Å². The molecule has 4 heteroatoms. The second-order valence-corrected chi connectivity index (χ2v) is 5.37. The van der Waals surface area contributed by atoms with Gasteiger partial charge in [0.05, 0.1) is 18.2 Å². The van der Waals surface area contributed by atoms with Gasteiger partial charge < -0.3 is 10.6 Å². The molecule has 0 atom stereocenters. The normalized spacial score (nSPS) is 10.1. The zero-order valence-corrected chi connectivity index (χ0v) is 12.8. The van der Waals surface area contributed by atoms with E-state index >= 15 is 0 Å². The van der Waals surface area contributed by atoms with Gasteiger partial charge in [0.25, 0.3) is 0 Å². The van der Waals surface area contributed by atoms with Crippen LogP contribution in [0.25, 0.3) is 0 Å². The van der Waals surface area contributed by atoms with Crippen molar-refractivity contribution in [3.05, 3.63) is 59.7 Å². The molecule has 0 saturated heterocycles. The fraction of sp³-hybridized carbons (Fsp3) is 0.222. The Labute approximate surface area is 130 Å². The molecule has 0 aliphatic heterocycles. The maximum Gasteiger partial charge on any atom is 0.243 e. The van der Waals surface area contributed by atoms with Crippen molar-refractivity contribution in [3.8, 4) is 6.07 Å². The van der Waals surface area contributed by atoms with E-state index in [0.29, 0.717) is 11.5 Å². The third-order valence-electron chi connectivity index (χ3n) is 3.28. The molecule has 2 N–H and O–H groups in total. The molecule has 1 amide bonds. The monoisotopic (exact) mass is 293 g/mol. The summed E-state index contributed by atoms with van der Waals surface area (Å²) in [5.74, 6) is 0.298. The van der Waals surface area contributed by atoms with Gasteiger partial charge >= 0.3 is 0 Å². The molecule has 0 radical (unpaired) electrons. The van der Waals surface area contributed by atoms with Crippen LogP contribution in [-0.2, 0) is 4.79 Å². The SMILES string of the molecule is CC(C)c1cccc(NC(=O)CNc2cccc(C#N)c2)c1. The van der Waals surface area contributed by atoms with Crippen molar-refractivity contribution in [2.75, 3.05) is 17.2 Å². The number of anilines is 2. The van der Waals surface area contributed by atoms with Gasteiger partial charge in [-0.2, -0.15) is 5.26 Å². The summed E-state index contributed by atoms with van der Waals surface area (Å²) in [6.45, 7) is 4.39. The summed E-state index contributed by atoms with van der Waals surface area (Å²) in [5.41, 5.74) is 3.30. The molecule has 0 unspecified atom stereocenters. The Balaban J connectivity index is 1.93. The standard InChI is InChI=1S/C18H19N3O/c1-13(2)15-6-4-8-17(10-15)21-18(22)12-20-16-7-3-5-14(9-16)11-19/h3-10,13,20H,12H2,1-2H3,(H,21,22). The molecular weight excluding hydrogens is 274 g/mol. The zero-order chi connectivity index (χ0) is 15.9. The van der Waals surface area contributed by atoms with Crippen molar-refractivity contribution in [1.29, 1.82) is 5.26 Å². The van der Waals surface area contributed by atoms with Gasteiger partial charge in [-0.3, -0.25) is 4.79 Å². The highest BCUT2D eigenvalue weighted by atomic mass is 16.1. The number of hydrogen-bond donors (Lipinski definition) is 2. The molecule has 22 heavy (non-hydrogen) atoms. The Morgan fingerprint density at radius 3 is 2.59 bits per heavy atom. The first-order valence-corrected chi connectivity index (χ1v) is 7.22. The lowest BCUT2D eigenvalue weighted by Crippen LogP contribution is -2.21. The number of carbonyl (C=O) groups is 1. The summed E-state index contributed by atoms with van der Waals surface area (Å²) < 4.78 is 0. The molecule has 0 saturated carbocycles. The molecule has 0 aliphatic rings. The summed E-state index contributed by atoms with van der Waals surface area (Å²) in [4.78, 5) is 12.0. The third-order valence-corrected chi connectivity index (χ3v) is 3.28. The van der Waals surface area contributed by atoms with Crippen LogP contribution in [0.5, 0.6) is 0 Å². The summed E-state index contributed by atoms with van der Waals surface area (Å²) in [6, 6.07) is 17.0. The Kier molecular flexibility index (Phi) is 5.16. The number of nitriles is 1. The van der Waals surface area contributed by atoms with Crippen LogP contribution in [0.2, 0.25) is 0 Å². The molecule has 0 bridgehead atoms. The lowest BCUT2D eigenvalue weighted by Gasteiger charge is -2.10. The maximum atomic E-state index is 12.0. The molecule has 0 heterocycles.